The zero-order valence-electron chi connectivity index (χ0n) is 13.5. The van der Waals surface area contributed by atoms with Gasteiger partial charge in [0, 0.05) is 0 Å². The molecule has 0 aliphatic heterocycles. The van der Waals surface area contributed by atoms with Gasteiger partial charge in [0.05, 0.1) is 44.7 Å². The Kier molecular flexibility index (Phi) is 18.5. The molecule has 0 amide bonds. The zero-order chi connectivity index (χ0) is 16.6. The van der Waals surface area contributed by atoms with E-state index >= 15 is 0 Å². The van der Waals surface area contributed by atoms with Gasteiger partial charge in [-0.1, -0.05) is 0 Å². The number of quaternary nitrogens is 2. The summed E-state index contributed by atoms with van der Waals surface area (Å²) in [5.74, 6) is -3.09. The van der Waals surface area contributed by atoms with Crippen molar-refractivity contribution in [2.24, 2.45) is 0 Å². The summed E-state index contributed by atoms with van der Waals surface area (Å²) in [6.07, 6.45) is 0.769. The average Bonchev–Trinajstić information content (AvgIpc) is 2.41. The first-order valence-electron chi connectivity index (χ1n) is 7.03. The quantitative estimate of drug-likeness (QED) is 0.458. The molecule has 0 aliphatic rings. The van der Waals surface area contributed by atoms with E-state index in [1.54, 1.807) is 0 Å². The molecule has 20 heavy (non-hydrogen) atoms. The van der Waals surface area contributed by atoms with Gasteiger partial charge in [-0.15, -0.1) is 0 Å². The summed E-state index contributed by atoms with van der Waals surface area (Å²) in [6.45, 7) is 17.2. The molecular weight excluding hydrogens is 260 g/mol. The van der Waals surface area contributed by atoms with Gasteiger partial charge in [0.1, 0.15) is 0 Å². The fourth-order valence-corrected chi connectivity index (χ4v) is 1.48. The lowest BCUT2D eigenvalue weighted by Crippen LogP contribution is -2.48. The zero-order valence-corrected chi connectivity index (χ0v) is 13.5. The standard InChI is InChI=1S/C8H20N.C4H4O4.C2H7N/c1-5-9(6-2,7-3)8-4;5-3(6)1-2-4(7)8;1-2-3/h5-8H2,1-4H3;1-2H,(H,5,6)(H,7,8);2-3H2,1H3/q+1;;/p-1/b;2-1-;. The van der Waals surface area contributed by atoms with Crippen LogP contribution in [0.4, 0.5) is 0 Å². The molecule has 0 atom stereocenters. The van der Waals surface area contributed by atoms with Crippen LogP contribution in [-0.2, 0) is 9.59 Å². The van der Waals surface area contributed by atoms with Crippen LogP contribution in [0.25, 0.3) is 0 Å². The number of carboxylic acids is 2. The number of hydrogen-bond donors (Lipinski definition) is 1. The Morgan fingerprint density at radius 1 is 0.850 bits per heavy atom. The lowest BCUT2D eigenvalue weighted by molar-refractivity contribution is -0.921. The largest absolute Gasteiger partial charge is 0.545 e. The van der Waals surface area contributed by atoms with E-state index in [2.05, 4.69) is 33.4 Å². The van der Waals surface area contributed by atoms with Crippen LogP contribution in [0.3, 0.4) is 0 Å². The van der Waals surface area contributed by atoms with Gasteiger partial charge in [0.25, 0.3) is 0 Å². The van der Waals surface area contributed by atoms with Crippen LogP contribution in [-0.4, -0.2) is 49.1 Å². The molecule has 0 heterocycles. The second-order valence-electron chi connectivity index (χ2n) is 4.08. The summed E-state index contributed by atoms with van der Waals surface area (Å²) < 4.78 is 1.28. The van der Waals surface area contributed by atoms with Gasteiger partial charge in [-0.2, -0.15) is 0 Å². The smallest absolute Gasteiger partial charge is 0.0757 e. The highest BCUT2D eigenvalue weighted by Gasteiger charge is 2.16. The predicted molar refractivity (Wildman–Crippen MR) is 75.0 cm³/mol. The maximum absolute atomic E-state index is 9.41. The Balaban J connectivity index is -0.000000243. The molecule has 0 unspecified atom stereocenters. The minimum Gasteiger partial charge on any atom is -0.545 e. The van der Waals surface area contributed by atoms with Crippen LogP contribution >= 0.6 is 0 Å². The van der Waals surface area contributed by atoms with E-state index in [0.29, 0.717) is 12.2 Å². The molecule has 0 spiro atoms. The Labute approximate surface area is 122 Å². The van der Waals surface area contributed by atoms with E-state index in [0.717, 1.165) is 6.54 Å². The maximum atomic E-state index is 9.41. The number of nitrogens with zero attached hydrogens (tertiary/aromatic N) is 1. The molecule has 0 aromatic rings. The number of rotatable bonds is 6. The number of carbonyl (C=O) groups is 2. The number of aliphatic carboxylic acids is 2. The van der Waals surface area contributed by atoms with Gasteiger partial charge in [-0.3, -0.25) is 0 Å². The molecule has 3 N–H and O–H groups in total. The first-order valence-corrected chi connectivity index (χ1v) is 7.03. The average molecular weight is 290 g/mol. The number of carboxylic acid groups (broad SMARTS) is 2. The summed E-state index contributed by atoms with van der Waals surface area (Å²) in [6, 6.07) is 0. The van der Waals surface area contributed by atoms with E-state index in [4.69, 9.17) is 0 Å². The van der Waals surface area contributed by atoms with E-state index in [1.807, 2.05) is 6.92 Å². The molecule has 0 aromatic heterocycles. The van der Waals surface area contributed by atoms with Crippen LogP contribution in [0, 0.1) is 0 Å². The molecule has 6 nitrogen and oxygen atoms in total. The van der Waals surface area contributed by atoms with Crippen LogP contribution < -0.4 is 15.9 Å². The van der Waals surface area contributed by atoms with Gasteiger partial charge in [-0.25, -0.2) is 0 Å². The van der Waals surface area contributed by atoms with Crippen LogP contribution in [0.15, 0.2) is 12.2 Å². The lowest BCUT2D eigenvalue weighted by Gasteiger charge is -2.34. The van der Waals surface area contributed by atoms with Gasteiger partial charge in [0.15, 0.2) is 0 Å². The highest BCUT2D eigenvalue weighted by atomic mass is 16.4. The molecule has 0 saturated heterocycles. The van der Waals surface area contributed by atoms with Crippen molar-refractivity contribution in [3.05, 3.63) is 12.2 Å². The van der Waals surface area contributed by atoms with Gasteiger partial charge in [0.2, 0.25) is 0 Å². The Hall–Kier alpha value is -1.40. The third-order valence-electron chi connectivity index (χ3n) is 3.04. The lowest BCUT2D eigenvalue weighted by atomic mass is 10.3. The summed E-state index contributed by atoms with van der Waals surface area (Å²) in [5.41, 5.74) is 3.49. The number of hydrogen-bond acceptors (Lipinski definition) is 4. The number of carbonyl (C=O) groups excluding carboxylic acids is 2. The molecule has 0 radical (unpaired) electrons. The second-order valence-corrected chi connectivity index (χ2v) is 4.08. The van der Waals surface area contributed by atoms with Crippen molar-refractivity contribution in [3.63, 3.8) is 0 Å². The molecular formula is C14H30N2O4. The molecule has 0 saturated carbocycles. The van der Waals surface area contributed by atoms with Crippen molar-refractivity contribution in [3.8, 4) is 0 Å². The third-order valence-corrected chi connectivity index (χ3v) is 3.04. The van der Waals surface area contributed by atoms with E-state index < -0.39 is 11.9 Å². The van der Waals surface area contributed by atoms with Crippen molar-refractivity contribution in [2.45, 2.75) is 34.6 Å². The van der Waals surface area contributed by atoms with Crippen molar-refractivity contribution in [1.29, 1.82) is 0 Å². The van der Waals surface area contributed by atoms with Crippen molar-refractivity contribution >= 4 is 11.9 Å². The highest BCUT2D eigenvalue weighted by Crippen LogP contribution is 2.03. The molecule has 0 bridgehead atoms. The van der Waals surface area contributed by atoms with Crippen LogP contribution in [0.1, 0.15) is 34.6 Å². The summed E-state index contributed by atoms with van der Waals surface area (Å²) in [5, 5.41) is 18.8. The Morgan fingerprint density at radius 2 is 1.05 bits per heavy atom. The van der Waals surface area contributed by atoms with Crippen LogP contribution in [0.2, 0.25) is 0 Å². The molecule has 120 valence electrons. The highest BCUT2D eigenvalue weighted by molar-refractivity contribution is 5.87. The predicted octanol–water partition coefficient (Wildman–Crippen LogP) is -1.83. The molecule has 0 rings (SSSR count). The van der Waals surface area contributed by atoms with Crippen molar-refractivity contribution < 1.29 is 30.0 Å². The fourth-order valence-electron chi connectivity index (χ4n) is 1.48. The van der Waals surface area contributed by atoms with Gasteiger partial charge in [-0.05, 0) is 46.8 Å². The summed E-state index contributed by atoms with van der Waals surface area (Å²) in [4.78, 5) is 18.8. The molecule has 6 heteroatoms. The third kappa shape index (κ3) is 16.6. The Morgan fingerprint density at radius 3 is 1.10 bits per heavy atom. The normalized spacial score (nSPS) is 10.1. The first kappa shape index (κ1) is 23.7. The molecule has 0 fully saturated rings. The van der Waals surface area contributed by atoms with Crippen molar-refractivity contribution in [2.75, 3.05) is 32.7 Å². The molecule has 0 aromatic carbocycles. The first-order chi connectivity index (χ1) is 9.28. The van der Waals surface area contributed by atoms with E-state index in [1.165, 1.54) is 30.7 Å². The van der Waals surface area contributed by atoms with E-state index in [-0.39, 0.29) is 0 Å². The summed E-state index contributed by atoms with van der Waals surface area (Å²) >= 11 is 0. The topological polar surface area (TPSA) is 108 Å². The van der Waals surface area contributed by atoms with Crippen molar-refractivity contribution in [1.82, 2.24) is 0 Å². The monoisotopic (exact) mass is 290 g/mol. The van der Waals surface area contributed by atoms with Crippen LogP contribution in [0.5, 0.6) is 0 Å². The van der Waals surface area contributed by atoms with E-state index in [9.17, 15) is 19.8 Å². The Bertz CT molecular complexity index is 241. The minimum absolute atomic E-state index is 0.384. The fraction of sp³-hybridized carbons (Fsp3) is 0.714. The maximum Gasteiger partial charge on any atom is 0.0757 e. The second kappa shape index (κ2) is 15.7. The van der Waals surface area contributed by atoms with Gasteiger partial charge >= 0.3 is 0 Å². The van der Waals surface area contributed by atoms with Gasteiger partial charge < -0.3 is 30.0 Å². The minimum atomic E-state index is -1.55. The summed E-state index contributed by atoms with van der Waals surface area (Å²) in [7, 11) is 0. The molecule has 0 aliphatic carbocycles. The SMILES string of the molecule is CC[N+](CC)(CC)CC.CC[NH3+].O=C([O-])/C=C\C(=O)[O-].